The summed E-state index contributed by atoms with van der Waals surface area (Å²) in [5.41, 5.74) is 1.05. The lowest BCUT2D eigenvalue weighted by atomic mass is 10.1. The third-order valence-electron chi connectivity index (χ3n) is 1.26. The van der Waals surface area contributed by atoms with Crippen molar-refractivity contribution in [2.45, 2.75) is 13.8 Å². The predicted molar refractivity (Wildman–Crippen MR) is 43.4 cm³/mol. The highest BCUT2D eigenvalue weighted by Crippen LogP contribution is 2.10. The lowest BCUT2D eigenvalue weighted by Gasteiger charge is -2.01. The first kappa shape index (κ1) is 6.97. The molecule has 0 amide bonds. The standard InChI is InChI=1S/C8H10N2/c1-7(2)8-4-3-5-9-6-10-8/h3-4,6-7H,1-2H3. The summed E-state index contributed by atoms with van der Waals surface area (Å²) in [7, 11) is 0. The molecule has 1 aliphatic rings. The molecular formula is C8H10N2. The second kappa shape index (κ2) is 3.14. The van der Waals surface area contributed by atoms with Crippen LogP contribution in [0, 0.1) is 5.92 Å². The van der Waals surface area contributed by atoms with Crippen LogP contribution in [0.2, 0.25) is 0 Å². The minimum absolute atomic E-state index is 0.461. The number of hydrogen-bond acceptors (Lipinski definition) is 2. The summed E-state index contributed by atoms with van der Waals surface area (Å²) in [6, 6.07) is 0. The maximum Gasteiger partial charge on any atom is 0.125 e. The molecule has 0 radical (unpaired) electrons. The van der Waals surface area contributed by atoms with Crippen LogP contribution in [-0.2, 0) is 0 Å². The summed E-state index contributed by atoms with van der Waals surface area (Å²) in [5.74, 6) is 3.17. The molecule has 0 aromatic heterocycles. The Morgan fingerprint density at radius 1 is 1.50 bits per heavy atom. The van der Waals surface area contributed by atoms with Crippen LogP contribution < -0.4 is 0 Å². The van der Waals surface area contributed by atoms with E-state index in [0.717, 1.165) is 5.70 Å². The SMILES string of the molecule is CC(C)C1=CC=C=NC=N1. The van der Waals surface area contributed by atoms with E-state index in [-0.39, 0.29) is 0 Å². The molecule has 0 fully saturated rings. The van der Waals surface area contributed by atoms with E-state index in [2.05, 4.69) is 29.7 Å². The Hall–Kier alpha value is -1.14. The van der Waals surface area contributed by atoms with Gasteiger partial charge in [0.25, 0.3) is 0 Å². The summed E-state index contributed by atoms with van der Waals surface area (Å²) < 4.78 is 0. The van der Waals surface area contributed by atoms with Gasteiger partial charge < -0.3 is 0 Å². The lowest BCUT2D eigenvalue weighted by molar-refractivity contribution is 0.759. The largest absolute Gasteiger partial charge is 0.240 e. The van der Waals surface area contributed by atoms with Crippen molar-refractivity contribution >= 4 is 12.2 Å². The number of rotatable bonds is 1. The van der Waals surface area contributed by atoms with Gasteiger partial charge in [-0.3, -0.25) is 0 Å². The van der Waals surface area contributed by atoms with E-state index >= 15 is 0 Å². The predicted octanol–water partition coefficient (Wildman–Crippen LogP) is 1.79. The number of nitrogens with zero attached hydrogens (tertiary/aromatic N) is 2. The summed E-state index contributed by atoms with van der Waals surface area (Å²) >= 11 is 0. The smallest absolute Gasteiger partial charge is 0.125 e. The molecule has 0 bridgehead atoms. The molecule has 1 rings (SSSR count). The van der Waals surface area contributed by atoms with E-state index in [1.807, 2.05) is 6.08 Å². The van der Waals surface area contributed by atoms with Gasteiger partial charge in [-0.1, -0.05) is 13.8 Å². The van der Waals surface area contributed by atoms with Crippen molar-refractivity contribution in [2.24, 2.45) is 15.9 Å². The van der Waals surface area contributed by atoms with Crippen LogP contribution in [0.5, 0.6) is 0 Å². The van der Waals surface area contributed by atoms with Crippen LogP contribution in [0.1, 0.15) is 13.8 Å². The van der Waals surface area contributed by atoms with Gasteiger partial charge >= 0.3 is 0 Å². The fourth-order valence-corrected chi connectivity index (χ4v) is 0.679. The number of hydrogen-bond donors (Lipinski definition) is 0. The molecule has 0 atom stereocenters. The van der Waals surface area contributed by atoms with E-state index < -0.39 is 0 Å². The minimum Gasteiger partial charge on any atom is -0.240 e. The van der Waals surface area contributed by atoms with Gasteiger partial charge in [0.15, 0.2) is 0 Å². The molecule has 0 unspecified atom stereocenters. The normalized spacial score (nSPS) is 15.7. The highest BCUT2D eigenvalue weighted by atomic mass is 14.9. The Labute approximate surface area is 60.7 Å². The topological polar surface area (TPSA) is 24.7 Å². The summed E-state index contributed by atoms with van der Waals surface area (Å²) in [6.45, 7) is 4.20. The zero-order valence-corrected chi connectivity index (χ0v) is 6.20. The molecule has 0 aliphatic carbocycles. The molecule has 0 aromatic carbocycles. The van der Waals surface area contributed by atoms with Crippen molar-refractivity contribution in [1.29, 1.82) is 0 Å². The number of aliphatic imine (C=N–C) groups is 2. The van der Waals surface area contributed by atoms with E-state index in [1.54, 1.807) is 6.08 Å². The highest BCUT2D eigenvalue weighted by Gasteiger charge is 1.98. The van der Waals surface area contributed by atoms with Crippen LogP contribution in [0.25, 0.3) is 0 Å². The second-order valence-corrected chi connectivity index (χ2v) is 2.42. The molecule has 0 N–H and O–H groups in total. The summed E-state index contributed by atoms with van der Waals surface area (Å²) in [6.07, 6.45) is 5.23. The van der Waals surface area contributed by atoms with E-state index in [1.165, 1.54) is 6.34 Å². The molecule has 1 heterocycles. The second-order valence-electron chi connectivity index (χ2n) is 2.42. The quantitative estimate of drug-likeness (QED) is 0.522. The van der Waals surface area contributed by atoms with Gasteiger partial charge in [-0.25, -0.2) is 4.99 Å². The van der Waals surface area contributed by atoms with Gasteiger partial charge in [-0.2, -0.15) is 4.99 Å². The first-order chi connectivity index (χ1) is 4.80. The molecule has 10 heavy (non-hydrogen) atoms. The lowest BCUT2D eigenvalue weighted by Crippen LogP contribution is -1.89. The molecule has 0 aromatic rings. The van der Waals surface area contributed by atoms with Gasteiger partial charge in [0.1, 0.15) is 6.34 Å². The van der Waals surface area contributed by atoms with Gasteiger partial charge in [0.2, 0.25) is 0 Å². The van der Waals surface area contributed by atoms with Crippen molar-refractivity contribution in [3.05, 3.63) is 17.8 Å². The maximum atomic E-state index is 4.10. The molecular weight excluding hydrogens is 124 g/mol. The van der Waals surface area contributed by atoms with Gasteiger partial charge in [0, 0.05) is 11.8 Å². The van der Waals surface area contributed by atoms with Gasteiger partial charge in [0.05, 0.1) is 0 Å². The minimum atomic E-state index is 0.461. The van der Waals surface area contributed by atoms with Crippen molar-refractivity contribution < 1.29 is 0 Å². The molecule has 0 spiro atoms. The fourth-order valence-electron chi connectivity index (χ4n) is 0.679. The fraction of sp³-hybridized carbons (Fsp3) is 0.375. The third kappa shape index (κ3) is 1.67. The van der Waals surface area contributed by atoms with E-state index in [4.69, 9.17) is 0 Å². The molecule has 52 valence electrons. The van der Waals surface area contributed by atoms with Crippen LogP contribution in [0.15, 0.2) is 27.8 Å². The Kier molecular flexibility index (Phi) is 2.19. The average molecular weight is 134 g/mol. The zero-order valence-electron chi connectivity index (χ0n) is 6.20. The monoisotopic (exact) mass is 134 g/mol. The van der Waals surface area contributed by atoms with Crippen molar-refractivity contribution in [3.8, 4) is 0 Å². The van der Waals surface area contributed by atoms with Crippen LogP contribution in [0.3, 0.4) is 0 Å². The first-order valence-corrected chi connectivity index (χ1v) is 3.32. The van der Waals surface area contributed by atoms with Crippen molar-refractivity contribution in [2.75, 3.05) is 0 Å². The Bertz CT molecular complexity index is 228. The molecule has 0 saturated heterocycles. The van der Waals surface area contributed by atoms with Crippen LogP contribution in [0.4, 0.5) is 0 Å². The van der Waals surface area contributed by atoms with Crippen LogP contribution >= 0.6 is 0 Å². The van der Waals surface area contributed by atoms with Crippen molar-refractivity contribution in [3.63, 3.8) is 0 Å². The average Bonchev–Trinajstić information content (AvgIpc) is 2.12. The molecule has 0 saturated carbocycles. The van der Waals surface area contributed by atoms with Crippen LogP contribution in [-0.4, -0.2) is 12.2 Å². The first-order valence-electron chi connectivity index (χ1n) is 3.32. The van der Waals surface area contributed by atoms with Gasteiger partial charge in [-0.15, -0.1) is 0 Å². The summed E-state index contributed by atoms with van der Waals surface area (Å²) in [4.78, 5) is 7.85. The maximum absolute atomic E-state index is 4.10. The van der Waals surface area contributed by atoms with Crippen molar-refractivity contribution in [1.82, 2.24) is 0 Å². The molecule has 2 nitrogen and oxygen atoms in total. The van der Waals surface area contributed by atoms with E-state index in [9.17, 15) is 0 Å². The zero-order chi connectivity index (χ0) is 7.40. The molecule has 1 aliphatic heterocycles. The van der Waals surface area contributed by atoms with E-state index in [0.29, 0.717) is 5.92 Å². The Morgan fingerprint density at radius 2 is 2.30 bits per heavy atom. The molecule has 2 heteroatoms. The van der Waals surface area contributed by atoms with Gasteiger partial charge in [-0.05, 0) is 17.9 Å². The number of allylic oxidation sites excluding steroid dienone is 3. The Balaban J connectivity index is 2.81. The highest BCUT2D eigenvalue weighted by molar-refractivity contribution is 5.72. The Morgan fingerprint density at radius 3 is 3.00 bits per heavy atom. The summed E-state index contributed by atoms with van der Waals surface area (Å²) in [5, 5.41) is 0. The third-order valence-corrected chi connectivity index (χ3v) is 1.26.